The Morgan fingerprint density at radius 2 is 1.83 bits per heavy atom. The van der Waals surface area contributed by atoms with Gasteiger partial charge in [-0.2, -0.15) is 13.2 Å². The van der Waals surface area contributed by atoms with Crippen molar-refractivity contribution in [2.45, 2.75) is 18.1 Å². The number of alkyl halides is 3. The van der Waals surface area contributed by atoms with Gasteiger partial charge >= 0.3 is 12.2 Å². The van der Waals surface area contributed by atoms with Crippen LogP contribution in [0.1, 0.15) is 17.5 Å². The van der Waals surface area contributed by atoms with Crippen molar-refractivity contribution in [2.75, 3.05) is 44.2 Å². The second-order valence-electron chi connectivity index (χ2n) is 8.59. The van der Waals surface area contributed by atoms with E-state index in [4.69, 9.17) is 4.74 Å². The number of rotatable bonds is 3. The molecule has 2 aromatic rings. The minimum atomic E-state index is -4.46. The molecule has 3 aliphatic heterocycles. The van der Waals surface area contributed by atoms with Gasteiger partial charge in [0.05, 0.1) is 12.2 Å². The summed E-state index contributed by atoms with van der Waals surface area (Å²) < 4.78 is 43.9. The van der Waals surface area contributed by atoms with Crippen LogP contribution >= 0.6 is 0 Å². The molecule has 0 unspecified atom stereocenters. The zero-order chi connectivity index (χ0) is 24.8. The van der Waals surface area contributed by atoms with Crippen LogP contribution in [0.2, 0.25) is 0 Å². The number of benzene rings is 1. The maximum Gasteiger partial charge on any atom is 0.417 e. The van der Waals surface area contributed by atoms with Crippen molar-refractivity contribution >= 4 is 23.7 Å². The fourth-order valence-electron chi connectivity index (χ4n) is 4.68. The Kier molecular flexibility index (Phi) is 5.53. The molecule has 1 N–H and O–H groups in total. The quantitative estimate of drug-likeness (QED) is 0.663. The lowest BCUT2D eigenvalue weighted by Crippen LogP contribution is -2.52. The summed E-state index contributed by atoms with van der Waals surface area (Å²) >= 11 is 0. The number of anilines is 1. The summed E-state index contributed by atoms with van der Waals surface area (Å²) in [4.78, 5) is 47.1. The molecule has 35 heavy (non-hydrogen) atoms. The number of ether oxygens (including phenoxy) is 1. The van der Waals surface area contributed by atoms with Crippen LogP contribution < -0.4 is 15.0 Å². The van der Waals surface area contributed by atoms with Gasteiger partial charge in [-0.1, -0.05) is 18.2 Å². The van der Waals surface area contributed by atoms with Gasteiger partial charge in [0.1, 0.15) is 18.1 Å². The molecule has 1 aromatic heterocycles. The first-order chi connectivity index (χ1) is 16.7. The minimum absolute atomic E-state index is 0.255. The zero-order valence-electron chi connectivity index (χ0n) is 18.5. The molecule has 3 aliphatic rings. The van der Waals surface area contributed by atoms with Crippen LogP contribution in [0.5, 0.6) is 5.75 Å². The van der Waals surface area contributed by atoms with E-state index in [0.29, 0.717) is 30.2 Å². The predicted octanol–water partition coefficient (Wildman–Crippen LogP) is 1.98. The number of urea groups is 1. The summed E-state index contributed by atoms with van der Waals surface area (Å²) in [6.45, 7) is 1.15. The second-order valence-corrected chi connectivity index (χ2v) is 8.59. The van der Waals surface area contributed by atoms with E-state index in [1.54, 1.807) is 29.2 Å². The fraction of sp³-hybridized carbons (Fsp3) is 0.391. The minimum Gasteiger partial charge on any atom is -0.493 e. The summed E-state index contributed by atoms with van der Waals surface area (Å²) in [5, 5.41) is 2.77. The average molecular weight is 489 g/mol. The number of imide groups is 1. The van der Waals surface area contributed by atoms with Crippen LogP contribution in [-0.2, 0) is 21.3 Å². The first-order valence-corrected chi connectivity index (χ1v) is 11.1. The molecule has 5 rings (SSSR count). The highest BCUT2D eigenvalue weighted by Crippen LogP contribution is 2.41. The van der Waals surface area contributed by atoms with Gasteiger partial charge in [-0.25, -0.2) is 9.78 Å². The third-order valence-electron chi connectivity index (χ3n) is 6.58. The fourth-order valence-corrected chi connectivity index (χ4v) is 4.68. The van der Waals surface area contributed by atoms with Gasteiger partial charge < -0.3 is 19.9 Å². The Hall–Kier alpha value is -3.83. The maximum atomic E-state index is 13.3. The van der Waals surface area contributed by atoms with Crippen molar-refractivity contribution < 1.29 is 32.3 Å². The van der Waals surface area contributed by atoms with Crippen LogP contribution in [0.15, 0.2) is 42.6 Å². The third-order valence-corrected chi connectivity index (χ3v) is 6.58. The molecule has 184 valence electrons. The molecule has 9 nitrogen and oxygen atoms in total. The van der Waals surface area contributed by atoms with Crippen molar-refractivity contribution in [2.24, 2.45) is 0 Å². The van der Waals surface area contributed by atoms with Crippen LogP contribution in [-0.4, -0.2) is 72.0 Å². The van der Waals surface area contributed by atoms with Crippen LogP contribution in [0.4, 0.5) is 23.8 Å². The highest BCUT2D eigenvalue weighted by molar-refractivity contribution is 6.09. The number of nitrogens with zero attached hydrogens (tertiary/aromatic N) is 4. The standard InChI is InChI=1S/C23H22F3N5O4/c24-23(25,26)15-5-6-18(27-13-15)29-8-10-30(11-9-29)19(32)14-31-20(33)22(28-21(31)34)7-12-35-17-4-2-1-3-16(17)22/h1-6,13H,7-12,14H2,(H,28,34)/t22-/m0/s1. The first kappa shape index (κ1) is 22.9. The van der Waals surface area contributed by atoms with E-state index in [1.807, 2.05) is 0 Å². The highest BCUT2D eigenvalue weighted by atomic mass is 19.4. The Bertz CT molecular complexity index is 1160. The lowest BCUT2D eigenvalue weighted by molar-refractivity contribution is -0.139. The Balaban J connectivity index is 1.22. The second kappa shape index (κ2) is 8.43. The van der Waals surface area contributed by atoms with Gasteiger partial charge in [-0.3, -0.25) is 14.5 Å². The van der Waals surface area contributed by atoms with Crippen LogP contribution in [0, 0.1) is 0 Å². The Morgan fingerprint density at radius 3 is 2.51 bits per heavy atom. The van der Waals surface area contributed by atoms with Gasteiger partial charge in [-0.15, -0.1) is 0 Å². The molecule has 0 saturated carbocycles. The first-order valence-electron chi connectivity index (χ1n) is 11.1. The summed E-state index contributed by atoms with van der Waals surface area (Å²) in [6.07, 6.45) is -3.41. The lowest BCUT2D eigenvalue weighted by Gasteiger charge is -2.36. The van der Waals surface area contributed by atoms with E-state index < -0.39 is 35.8 Å². The Labute approximate surface area is 198 Å². The molecular formula is C23H22F3N5O4. The number of amides is 4. The summed E-state index contributed by atoms with van der Waals surface area (Å²) in [6, 6.07) is 8.64. The summed E-state index contributed by atoms with van der Waals surface area (Å²) in [7, 11) is 0. The van der Waals surface area contributed by atoms with Gasteiger partial charge in [-0.05, 0) is 18.2 Å². The number of halogens is 3. The molecule has 1 aromatic carbocycles. The Morgan fingerprint density at radius 1 is 1.09 bits per heavy atom. The highest BCUT2D eigenvalue weighted by Gasteiger charge is 2.55. The van der Waals surface area contributed by atoms with Crippen molar-refractivity contribution in [3.63, 3.8) is 0 Å². The molecule has 1 atom stereocenters. The number of carbonyl (C=O) groups is 3. The van der Waals surface area contributed by atoms with Gasteiger partial charge in [0, 0.05) is 44.4 Å². The average Bonchev–Trinajstić information content (AvgIpc) is 3.08. The molecule has 4 heterocycles. The van der Waals surface area contributed by atoms with E-state index >= 15 is 0 Å². The van der Waals surface area contributed by atoms with Crippen LogP contribution in [0.25, 0.3) is 0 Å². The monoisotopic (exact) mass is 489 g/mol. The molecule has 4 amide bonds. The number of fused-ring (bicyclic) bond motifs is 2. The topological polar surface area (TPSA) is 95.1 Å². The maximum absolute atomic E-state index is 13.3. The van der Waals surface area contributed by atoms with Gasteiger partial charge in [0.2, 0.25) is 5.91 Å². The predicted molar refractivity (Wildman–Crippen MR) is 117 cm³/mol. The molecule has 0 aliphatic carbocycles. The number of hydrogen-bond donors (Lipinski definition) is 1. The van der Waals surface area contributed by atoms with Crippen molar-refractivity contribution in [1.82, 2.24) is 20.1 Å². The smallest absolute Gasteiger partial charge is 0.417 e. The molecular weight excluding hydrogens is 467 g/mol. The number of pyridine rings is 1. The number of nitrogens with one attached hydrogen (secondary N) is 1. The molecule has 12 heteroatoms. The van der Waals surface area contributed by atoms with Crippen molar-refractivity contribution in [1.29, 1.82) is 0 Å². The zero-order valence-corrected chi connectivity index (χ0v) is 18.5. The largest absolute Gasteiger partial charge is 0.493 e. The van der Waals surface area contributed by atoms with Crippen molar-refractivity contribution in [3.05, 3.63) is 53.7 Å². The number of para-hydroxylation sites is 1. The molecule has 2 saturated heterocycles. The van der Waals surface area contributed by atoms with Gasteiger partial charge in [0.25, 0.3) is 5.91 Å². The number of hydrogen-bond acceptors (Lipinski definition) is 6. The van der Waals surface area contributed by atoms with E-state index in [9.17, 15) is 27.6 Å². The number of carbonyl (C=O) groups excluding carboxylic acids is 3. The van der Waals surface area contributed by atoms with Crippen molar-refractivity contribution in [3.8, 4) is 5.75 Å². The molecule has 0 bridgehead atoms. The van der Waals surface area contributed by atoms with E-state index in [0.717, 1.165) is 17.2 Å². The number of piperazine rings is 1. The molecule has 1 spiro atoms. The molecule has 0 radical (unpaired) electrons. The number of aromatic nitrogens is 1. The lowest BCUT2D eigenvalue weighted by atomic mass is 9.84. The van der Waals surface area contributed by atoms with Crippen LogP contribution in [0.3, 0.4) is 0 Å². The van der Waals surface area contributed by atoms with E-state index in [1.165, 1.54) is 11.0 Å². The molecule has 2 fully saturated rings. The van der Waals surface area contributed by atoms with E-state index in [2.05, 4.69) is 10.3 Å². The summed E-state index contributed by atoms with van der Waals surface area (Å²) in [5.74, 6) is 0.0398. The van der Waals surface area contributed by atoms with E-state index in [-0.39, 0.29) is 32.0 Å². The van der Waals surface area contributed by atoms with Gasteiger partial charge in [0.15, 0.2) is 5.54 Å². The normalized spacial score (nSPS) is 22.2. The SMILES string of the molecule is O=C(CN1C(=O)N[C@]2(CCOc3ccccc32)C1=O)N1CCN(c2ccc(C(F)(F)F)cn2)CC1. The summed E-state index contributed by atoms with van der Waals surface area (Å²) in [5.41, 5.74) is -1.51. The third kappa shape index (κ3) is 4.02.